The summed E-state index contributed by atoms with van der Waals surface area (Å²) in [4.78, 5) is 21.7. The van der Waals surface area contributed by atoms with Gasteiger partial charge in [0.25, 0.3) is 0 Å². The molecule has 140 valence electrons. The predicted molar refractivity (Wildman–Crippen MR) is 106 cm³/mol. The average Bonchev–Trinajstić information content (AvgIpc) is 3.38. The Balaban J connectivity index is 1.30. The molecule has 1 amide bonds. The van der Waals surface area contributed by atoms with Crippen molar-refractivity contribution < 1.29 is 4.79 Å². The molecule has 1 aromatic carbocycles. The number of thioether (sulfide) groups is 1. The largest absolute Gasteiger partial charge is 0.350 e. The van der Waals surface area contributed by atoms with Gasteiger partial charge in [-0.25, -0.2) is 14.5 Å². The molecule has 3 aromatic rings. The zero-order valence-corrected chi connectivity index (χ0v) is 16.2. The molecular weight excluding hydrogens is 358 g/mol. The Morgan fingerprint density at radius 1 is 1.41 bits per heavy atom. The zero-order valence-electron chi connectivity index (χ0n) is 15.4. The highest BCUT2D eigenvalue weighted by atomic mass is 32.2. The lowest BCUT2D eigenvalue weighted by molar-refractivity contribution is -0.121. The van der Waals surface area contributed by atoms with Crippen LogP contribution in [0.2, 0.25) is 0 Å². The minimum Gasteiger partial charge on any atom is -0.350 e. The summed E-state index contributed by atoms with van der Waals surface area (Å²) in [5.74, 6) is 1.90. The quantitative estimate of drug-likeness (QED) is 0.685. The van der Waals surface area contributed by atoms with E-state index in [9.17, 15) is 4.79 Å². The molecule has 6 nitrogen and oxygen atoms in total. The number of nitrogens with one attached hydrogen (secondary N) is 1. The first kappa shape index (κ1) is 17.0. The molecule has 27 heavy (non-hydrogen) atoms. The molecule has 0 unspecified atom stereocenters. The molecule has 7 heteroatoms. The second-order valence-corrected chi connectivity index (χ2v) is 8.81. The summed E-state index contributed by atoms with van der Waals surface area (Å²) in [6.45, 7) is 2.24. The molecule has 0 saturated heterocycles. The van der Waals surface area contributed by atoms with Crippen molar-refractivity contribution in [3.05, 3.63) is 30.6 Å². The first-order valence-electron chi connectivity index (χ1n) is 9.71. The van der Waals surface area contributed by atoms with Crippen molar-refractivity contribution in [1.29, 1.82) is 0 Å². The monoisotopic (exact) mass is 381 g/mol. The SMILES string of the molecule is CC[C@@H]1C[C@H]2CC[C@@]1(NC(=O)CSc1nc3c4ccccc4ncn3n1)C2. The molecule has 0 aliphatic heterocycles. The Morgan fingerprint density at radius 3 is 3.15 bits per heavy atom. The van der Waals surface area contributed by atoms with E-state index in [0.29, 0.717) is 16.8 Å². The van der Waals surface area contributed by atoms with E-state index in [-0.39, 0.29) is 11.4 Å². The van der Waals surface area contributed by atoms with Gasteiger partial charge < -0.3 is 5.32 Å². The number of carbonyl (C=O) groups excluding carboxylic acids is 1. The number of rotatable bonds is 5. The van der Waals surface area contributed by atoms with E-state index in [0.717, 1.165) is 41.7 Å². The van der Waals surface area contributed by atoms with Gasteiger partial charge in [0.1, 0.15) is 6.33 Å². The first-order valence-corrected chi connectivity index (χ1v) is 10.7. The summed E-state index contributed by atoms with van der Waals surface area (Å²) >= 11 is 1.39. The second-order valence-electron chi connectivity index (χ2n) is 7.87. The molecule has 1 N–H and O–H groups in total. The molecule has 2 saturated carbocycles. The van der Waals surface area contributed by atoms with Crippen molar-refractivity contribution in [3.8, 4) is 0 Å². The van der Waals surface area contributed by atoms with Gasteiger partial charge in [-0.2, -0.15) is 0 Å². The van der Waals surface area contributed by atoms with Crippen LogP contribution in [0.4, 0.5) is 0 Å². The molecule has 0 spiro atoms. The average molecular weight is 382 g/mol. The molecule has 2 aromatic heterocycles. The standard InChI is InChI=1S/C20H23N5OS/c1-2-14-9-13-7-8-20(14,10-13)23-17(26)11-27-19-22-18-15-5-3-4-6-16(15)21-12-25(18)24-19/h3-6,12-14H,2,7-11H2,1H3,(H,23,26)/t13-,14-,20-/m1/s1. The van der Waals surface area contributed by atoms with Crippen LogP contribution in [0.1, 0.15) is 39.0 Å². The topological polar surface area (TPSA) is 72.2 Å². The molecule has 2 fully saturated rings. The number of hydrogen-bond acceptors (Lipinski definition) is 5. The molecule has 2 aliphatic carbocycles. The highest BCUT2D eigenvalue weighted by Gasteiger charge is 2.51. The van der Waals surface area contributed by atoms with Crippen LogP contribution in [-0.4, -0.2) is 36.8 Å². The minimum absolute atomic E-state index is 0.0452. The van der Waals surface area contributed by atoms with E-state index in [1.807, 2.05) is 24.3 Å². The third-order valence-corrected chi connectivity index (χ3v) is 7.17. The third-order valence-electron chi connectivity index (χ3n) is 6.33. The normalized spacial score (nSPS) is 26.9. The fourth-order valence-corrected chi connectivity index (χ4v) is 5.75. The lowest BCUT2D eigenvalue weighted by Gasteiger charge is -2.35. The maximum atomic E-state index is 12.6. The molecule has 2 bridgehead atoms. The molecule has 2 heterocycles. The fourth-order valence-electron chi connectivity index (χ4n) is 5.12. The fraction of sp³-hybridized carbons (Fsp3) is 0.500. The number of amides is 1. The lowest BCUT2D eigenvalue weighted by Crippen LogP contribution is -2.50. The summed E-state index contributed by atoms with van der Waals surface area (Å²) in [6, 6.07) is 7.89. The Morgan fingerprint density at radius 2 is 2.30 bits per heavy atom. The molecule has 3 atom stereocenters. The number of hydrogen-bond donors (Lipinski definition) is 1. The maximum absolute atomic E-state index is 12.6. The number of aromatic nitrogens is 4. The van der Waals surface area contributed by atoms with Crippen molar-refractivity contribution in [3.63, 3.8) is 0 Å². The molecule has 5 rings (SSSR count). The number of para-hydroxylation sites is 1. The third kappa shape index (κ3) is 2.88. The van der Waals surface area contributed by atoms with E-state index in [2.05, 4.69) is 27.3 Å². The van der Waals surface area contributed by atoms with E-state index >= 15 is 0 Å². The van der Waals surface area contributed by atoms with Crippen LogP contribution in [0.5, 0.6) is 0 Å². The number of carbonyl (C=O) groups is 1. The summed E-state index contributed by atoms with van der Waals surface area (Å²) in [5, 5.41) is 9.44. The van der Waals surface area contributed by atoms with Gasteiger partial charge in [-0.1, -0.05) is 37.2 Å². The van der Waals surface area contributed by atoms with Crippen LogP contribution in [0.25, 0.3) is 16.6 Å². The Hall–Kier alpha value is -2.15. The molecule has 0 radical (unpaired) electrons. The lowest BCUT2D eigenvalue weighted by atomic mass is 9.80. The molecular formula is C20H23N5OS. The highest BCUT2D eigenvalue weighted by molar-refractivity contribution is 7.99. The predicted octanol–water partition coefficient (Wildman–Crippen LogP) is 3.45. The maximum Gasteiger partial charge on any atom is 0.230 e. The van der Waals surface area contributed by atoms with Gasteiger partial charge in [0.05, 0.1) is 11.3 Å². The van der Waals surface area contributed by atoms with Gasteiger partial charge in [-0.3, -0.25) is 4.79 Å². The van der Waals surface area contributed by atoms with Crippen molar-refractivity contribution in [2.75, 3.05) is 5.75 Å². The van der Waals surface area contributed by atoms with Crippen molar-refractivity contribution >= 4 is 34.2 Å². The summed E-state index contributed by atoms with van der Waals surface area (Å²) in [5.41, 5.74) is 1.72. The zero-order chi connectivity index (χ0) is 18.4. The Bertz CT molecular complexity index is 1020. The smallest absolute Gasteiger partial charge is 0.230 e. The van der Waals surface area contributed by atoms with Crippen LogP contribution in [0.3, 0.4) is 0 Å². The van der Waals surface area contributed by atoms with Gasteiger partial charge in [0.15, 0.2) is 5.65 Å². The van der Waals surface area contributed by atoms with E-state index in [1.165, 1.54) is 24.6 Å². The van der Waals surface area contributed by atoms with Gasteiger partial charge in [0, 0.05) is 10.9 Å². The summed E-state index contributed by atoms with van der Waals surface area (Å²) < 4.78 is 1.69. The molecule has 2 aliphatic rings. The van der Waals surface area contributed by atoms with Crippen LogP contribution < -0.4 is 5.32 Å². The Kier molecular flexibility index (Phi) is 4.07. The van der Waals surface area contributed by atoms with Gasteiger partial charge >= 0.3 is 0 Å². The van der Waals surface area contributed by atoms with E-state index in [1.54, 1.807) is 10.8 Å². The highest BCUT2D eigenvalue weighted by Crippen LogP contribution is 2.52. The van der Waals surface area contributed by atoms with Crippen molar-refractivity contribution in [2.45, 2.75) is 49.7 Å². The van der Waals surface area contributed by atoms with Crippen LogP contribution >= 0.6 is 11.8 Å². The number of nitrogens with zero attached hydrogens (tertiary/aromatic N) is 4. The van der Waals surface area contributed by atoms with Gasteiger partial charge in [-0.05, 0) is 49.7 Å². The van der Waals surface area contributed by atoms with Crippen LogP contribution in [0, 0.1) is 11.8 Å². The Labute approximate surface area is 162 Å². The van der Waals surface area contributed by atoms with E-state index < -0.39 is 0 Å². The number of benzene rings is 1. The second kappa shape index (κ2) is 6.48. The number of fused-ring (bicyclic) bond motifs is 5. The van der Waals surface area contributed by atoms with E-state index in [4.69, 9.17) is 0 Å². The van der Waals surface area contributed by atoms with Crippen molar-refractivity contribution in [1.82, 2.24) is 24.9 Å². The summed E-state index contributed by atoms with van der Waals surface area (Å²) in [6.07, 6.45) is 7.66. The van der Waals surface area contributed by atoms with Crippen LogP contribution in [-0.2, 0) is 4.79 Å². The minimum atomic E-state index is 0.0452. The summed E-state index contributed by atoms with van der Waals surface area (Å²) in [7, 11) is 0. The van der Waals surface area contributed by atoms with Gasteiger partial charge in [0.2, 0.25) is 11.1 Å². The van der Waals surface area contributed by atoms with Crippen molar-refractivity contribution in [2.24, 2.45) is 11.8 Å². The first-order chi connectivity index (χ1) is 13.2. The van der Waals surface area contributed by atoms with Crippen LogP contribution in [0.15, 0.2) is 35.7 Å². The van der Waals surface area contributed by atoms with Gasteiger partial charge in [-0.15, -0.1) is 5.10 Å².